The van der Waals surface area contributed by atoms with Crippen LogP contribution < -0.4 is 5.32 Å². The van der Waals surface area contributed by atoms with Crippen LogP contribution in [0.5, 0.6) is 0 Å². The number of nitrogens with one attached hydrogen (secondary N) is 1. The molecule has 0 aromatic heterocycles. The van der Waals surface area contributed by atoms with Crippen molar-refractivity contribution >= 4 is 0 Å². The Morgan fingerprint density at radius 1 is 1.58 bits per heavy atom. The van der Waals surface area contributed by atoms with Crippen LogP contribution in [0.2, 0.25) is 0 Å². The summed E-state index contributed by atoms with van der Waals surface area (Å²) in [6, 6.07) is 0. The maximum absolute atomic E-state index is 12.0. The van der Waals surface area contributed by atoms with Gasteiger partial charge in [0.05, 0.1) is 0 Å². The number of hydrogen-bond donors (Lipinski definition) is 1. The van der Waals surface area contributed by atoms with Gasteiger partial charge in [-0.1, -0.05) is 6.92 Å². The molecule has 1 N–H and O–H groups in total. The fourth-order valence-corrected chi connectivity index (χ4v) is 2.01. The molecular formula is C9H19FN2. The molecule has 0 aromatic rings. The molecular weight excluding hydrogens is 155 g/mol. The lowest BCUT2D eigenvalue weighted by molar-refractivity contribution is 0.252. The van der Waals surface area contributed by atoms with E-state index >= 15 is 0 Å². The highest BCUT2D eigenvalue weighted by Gasteiger charge is 2.32. The third-order valence-corrected chi connectivity index (χ3v) is 2.64. The van der Waals surface area contributed by atoms with Crippen molar-refractivity contribution in [3.8, 4) is 0 Å². The summed E-state index contributed by atoms with van der Waals surface area (Å²) in [6.45, 7) is 5.80. The van der Waals surface area contributed by atoms with E-state index in [1.165, 1.54) is 6.42 Å². The zero-order chi connectivity index (χ0) is 9.03. The third kappa shape index (κ3) is 2.42. The molecule has 0 aromatic carbocycles. The van der Waals surface area contributed by atoms with Crippen molar-refractivity contribution in [1.82, 2.24) is 10.2 Å². The molecule has 0 amide bonds. The molecule has 72 valence electrons. The van der Waals surface area contributed by atoms with Gasteiger partial charge in [0.2, 0.25) is 0 Å². The molecule has 3 heteroatoms. The first kappa shape index (κ1) is 9.93. The molecule has 0 spiro atoms. The van der Waals surface area contributed by atoms with Crippen LogP contribution in [0.25, 0.3) is 0 Å². The first-order valence-corrected chi connectivity index (χ1v) is 4.63. The minimum atomic E-state index is -0.213. The van der Waals surface area contributed by atoms with Gasteiger partial charge < -0.3 is 10.2 Å². The minimum absolute atomic E-state index is 0.213. The summed E-state index contributed by atoms with van der Waals surface area (Å²) in [6.07, 6.45) is 1.19. The van der Waals surface area contributed by atoms with Crippen LogP contribution >= 0.6 is 0 Å². The molecule has 12 heavy (non-hydrogen) atoms. The highest BCUT2D eigenvalue weighted by molar-refractivity contribution is 4.87. The van der Waals surface area contributed by atoms with Crippen LogP contribution in [0.3, 0.4) is 0 Å². The Labute approximate surface area is 74.1 Å². The van der Waals surface area contributed by atoms with Crippen molar-refractivity contribution in [3.05, 3.63) is 0 Å². The number of nitrogens with zero attached hydrogens (tertiary/aromatic N) is 1. The van der Waals surface area contributed by atoms with Gasteiger partial charge in [-0.3, -0.25) is 0 Å². The molecule has 0 aliphatic carbocycles. The second-order valence-electron chi connectivity index (χ2n) is 4.06. The molecule has 0 radical (unpaired) electrons. The van der Waals surface area contributed by atoms with E-state index < -0.39 is 0 Å². The maximum atomic E-state index is 12.0. The van der Waals surface area contributed by atoms with Crippen molar-refractivity contribution in [3.63, 3.8) is 0 Å². The van der Waals surface area contributed by atoms with E-state index in [0.29, 0.717) is 12.0 Å². The topological polar surface area (TPSA) is 15.3 Å². The number of halogens is 1. The number of hydrogen-bond acceptors (Lipinski definition) is 2. The molecule has 0 bridgehead atoms. The van der Waals surface area contributed by atoms with Crippen molar-refractivity contribution in [1.29, 1.82) is 0 Å². The Kier molecular flexibility index (Phi) is 3.47. The lowest BCUT2D eigenvalue weighted by Crippen LogP contribution is -2.33. The van der Waals surface area contributed by atoms with E-state index in [2.05, 4.69) is 17.1 Å². The predicted octanol–water partition coefficient (Wildman–Crippen LogP) is 0.887. The van der Waals surface area contributed by atoms with Crippen molar-refractivity contribution < 1.29 is 4.39 Å². The summed E-state index contributed by atoms with van der Waals surface area (Å²) in [7, 11) is 1.98. The largest absolute Gasteiger partial charge is 0.319 e. The Bertz CT molecular complexity index is 140. The Morgan fingerprint density at radius 3 is 2.92 bits per heavy atom. The average molecular weight is 174 g/mol. The zero-order valence-corrected chi connectivity index (χ0v) is 8.07. The van der Waals surface area contributed by atoms with E-state index in [4.69, 9.17) is 0 Å². The standard InChI is InChI=1S/C9H19FN2/c1-9(7-11-2)3-5-12(8-9)6-4-10/h11H,3-8H2,1-2H3. The van der Waals surface area contributed by atoms with Crippen LogP contribution in [0, 0.1) is 5.41 Å². The molecule has 1 heterocycles. The van der Waals surface area contributed by atoms with Gasteiger partial charge in [0.15, 0.2) is 0 Å². The monoisotopic (exact) mass is 174 g/mol. The van der Waals surface area contributed by atoms with Crippen LogP contribution in [0.15, 0.2) is 0 Å². The molecule has 1 saturated heterocycles. The highest BCUT2D eigenvalue weighted by Crippen LogP contribution is 2.28. The van der Waals surface area contributed by atoms with Gasteiger partial charge >= 0.3 is 0 Å². The SMILES string of the molecule is CNCC1(C)CCN(CCF)C1. The van der Waals surface area contributed by atoms with Gasteiger partial charge in [-0.15, -0.1) is 0 Å². The van der Waals surface area contributed by atoms with Gasteiger partial charge in [-0.2, -0.15) is 0 Å². The summed E-state index contributed by atoms with van der Waals surface area (Å²) < 4.78 is 12.0. The summed E-state index contributed by atoms with van der Waals surface area (Å²) >= 11 is 0. The van der Waals surface area contributed by atoms with Crippen LogP contribution in [-0.4, -0.2) is 44.8 Å². The summed E-state index contributed by atoms with van der Waals surface area (Å²) in [5.74, 6) is 0. The third-order valence-electron chi connectivity index (χ3n) is 2.64. The molecule has 1 unspecified atom stereocenters. The molecule has 1 atom stereocenters. The highest BCUT2D eigenvalue weighted by atomic mass is 19.1. The average Bonchev–Trinajstić information content (AvgIpc) is 2.34. The molecule has 1 rings (SSSR count). The number of alkyl halides is 1. The molecule has 0 saturated carbocycles. The van der Waals surface area contributed by atoms with Gasteiger partial charge in [0.25, 0.3) is 0 Å². The predicted molar refractivity (Wildman–Crippen MR) is 49.1 cm³/mol. The second kappa shape index (κ2) is 4.19. The van der Waals surface area contributed by atoms with Crippen LogP contribution in [-0.2, 0) is 0 Å². The molecule has 1 aliphatic rings. The Balaban J connectivity index is 2.32. The van der Waals surface area contributed by atoms with Crippen LogP contribution in [0.4, 0.5) is 4.39 Å². The fraction of sp³-hybridized carbons (Fsp3) is 1.00. The number of likely N-dealkylation sites (tertiary alicyclic amines) is 1. The first-order valence-electron chi connectivity index (χ1n) is 4.63. The van der Waals surface area contributed by atoms with Crippen molar-refractivity contribution in [2.75, 3.05) is 39.9 Å². The lowest BCUT2D eigenvalue weighted by Gasteiger charge is -2.23. The Hall–Kier alpha value is -0.150. The van der Waals surface area contributed by atoms with E-state index in [0.717, 1.165) is 19.6 Å². The van der Waals surface area contributed by atoms with Crippen molar-refractivity contribution in [2.24, 2.45) is 5.41 Å². The molecule has 1 aliphatic heterocycles. The minimum Gasteiger partial charge on any atom is -0.319 e. The quantitative estimate of drug-likeness (QED) is 0.681. The maximum Gasteiger partial charge on any atom is 0.102 e. The van der Waals surface area contributed by atoms with E-state index in [1.54, 1.807) is 0 Å². The summed E-state index contributed by atoms with van der Waals surface area (Å²) in [5, 5.41) is 3.19. The second-order valence-corrected chi connectivity index (χ2v) is 4.06. The smallest absolute Gasteiger partial charge is 0.102 e. The van der Waals surface area contributed by atoms with Crippen LogP contribution in [0.1, 0.15) is 13.3 Å². The van der Waals surface area contributed by atoms with Gasteiger partial charge in [0, 0.05) is 19.6 Å². The van der Waals surface area contributed by atoms with Gasteiger partial charge in [-0.05, 0) is 25.4 Å². The van der Waals surface area contributed by atoms with Gasteiger partial charge in [-0.25, -0.2) is 4.39 Å². The normalized spacial score (nSPS) is 31.2. The Morgan fingerprint density at radius 2 is 2.33 bits per heavy atom. The lowest BCUT2D eigenvalue weighted by atomic mass is 9.90. The molecule has 2 nitrogen and oxygen atoms in total. The molecule has 1 fully saturated rings. The number of rotatable bonds is 4. The fourth-order valence-electron chi connectivity index (χ4n) is 2.01. The summed E-state index contributed by atoms with van der Waals surface area (Å²) in [4.78, 5) is 2.21. The van der Waals surface area contributed by atoms with Crippen molar-refractivity contribution in [2.45, 2.75) is 13.3 Å². The van der Waals surface area contributed by atoms with Gasteiger partial charge in [0.1, 0.15) is 6.67 Å². The van der Waals surface area contributed by atoms with E-state index in [-0.39, 0.29) is 6.67 Å². The first-order chi connectivity index (χ1) is 5.70. The van der Waals surface area contributed by atoms with E-state index in [9.17, 15) is 4.39 Å². The van der Waals surface area contributed by atoms with E-state index in [1.807, 2.05) is 7.05 Å². The summed E-state index contributed by atoms with van der Waals surface area (Å²) in [5.41, 5.74) is 0.365. The zero-order valence-electron chi connectivity index (χ0n) is 8.07.